The number of ether oxygens (including phenoxy) is 1. The Labute approximate surface area is 209 Å². The smallest absolute Gasteiger partial charge is 0.251 e. The van der Waals surface area contributed by atoms with Crippen LogP contribution in [0.5, 0.6) is 5.75 Å². The zero-order chi connectivity index (χ0) is 26.2. The minimum atomic E-state index is -0.703. The van der Waals surface area contributed by atoms with Gasteiger partial charge in [0.2, 0.25) is 0 Å². The van der Waals surface area contributed by atoms with E-state index in [0.29, 0.717) is 24.4 Å². The lowest BCUT2D eigenvalue weighted by atomic mass is 10.0. The van der Waals surface area contributed by atoms with E-state index in [2.05, 4.69) is 10.3 Å². The van der Waals surface area contributed by atoms with Crippen LogP contribution in [0.15, 0.2) is 48.7 Å². The number of aliphatic hydroxyl groups excluding tert-OH is 1. The molecule has 188 valence electrons. The van der Waals surface area contributed by atoms with Gasteiger partial charge in [0.15, 0.2) is 11.6 Å². The molecule has 0 spiro atoms. The van der Waals surface area contributed by atoms with E-state index in [1.807, 2.05) is 30.3 Å². The number of nitriles is 1. The molecule has 1 aromatic heterocycles. The molecule has 1 heterocycles. The van der Waals surface area contributed by atoms with Gasteiger partial charge in [0, 0.05) is 43.9 Å². The number of hydrogen-bond acceptors (Lipinski definition) is 6. The number of nitrogens with one attached hydrogen (secondary N) is 1. The van der Waals surface area contributed by atoms with Crippen molar-refractivity contribution in [2.75, 3.05) is 13.3 Å². The molecule has 0 radical (unpaired) electrons. The Hall–Kier alpha value is -4.03. The van der Waals surface area contributed by atoms with Gasteiger partial charge in [0.05, 0.1) is 11.3 Å². The van der Waals surface area contributed by atoms with Gasteiger partial charge in [-0.25, -0.2) is 9.37 Å². The standard InChI is InChI=1S/C27H29FN4O4/c1-17(14-28)36-25-9-8-21(13-22(25)15-29)27(35)30-23(10-11-33)12-19-4-6-20(7-5-19)24-16-32(3)26(31-24)18(2)34/h4-9,13,16-17,23,33H,10-12,14H2,1-3H3,(H,30,35)/t17?,23-/m1/s1. The maximum absolute atomic E-state index is 12.9. The van der Waals surface area contributed by atoms with Crippen LogP contribution in [0.25, 0.3) is 11.3 Å². The van der Waals surface area contributed by atoms with Crippen LogP contribution in [-0.2, 0) is 13.5 Å². The number of aryl methyl sites for hydroxylation is 1. The number of nitrogens with zero attached hydrogens (tertiary/aromatic N) is 3. The maximum Gasteiger partial charge on any atom is 0.251 e. The molecule has 2 atom stereocenters. The Balaban J connectivity index is 1.71. The lowest BCUT2D eigenvalue weighted by Gasteiger charge is -2.19. The van der Waals surface area contributed by atoms with Gasteiger partial charge in [-0.15, -0.1) is 0 Å². The van der Waals surface area contributed by atoms with Crippen molar-refractivity contribution in [2.45, 2.75) is 38.8 Å². The molecule has 0 saturated heterocycles. The fourth-order valence-corrected chi connectivity index (χ4v) is 3.79. The van der Waals surface area contributed by atoms with Gasteiger partial charge in [-0.1, -0.05) is 24.3 Å². The Morgan fingerprint density at radius 1 is 1.25 bits per heavy atom. The second kappa shape index (κ2) is 12.1. The van der Waals surface area contributed by atoms with E-state index in [1.165, 1.54) is 25.1 Å². The number of aromatic nitrogens is 2. The molecule has 2 aromatic carbocycles. The maximum atomic E-state index is 12.9. The highest BCUT2D eigenvalue weighted by molar-refractivity contribution is 5.95. The number of hydrogen-bond donors (Lipinski definition) is 2. The molecule has 8 nitrogen and oxygen atoms in total. The molecular formula is C27H29FN4O4. The van der Waals surface area contributed by atoms with Crippen molar-refractivity contribution in [2.24, 2.45) is 7.05 Å². The second-order valence-corrected chi connectivity index (χ2v) is 8.61. The molecule has 1 unspecified atom stereocenters. The summed E-state index contributed by atoms with van der Waals surface area (Å²) in [6.45, 7) is 2.22. The van der Waals surface area contributed by atoms with Crippen LogP contribution in [0.2, 0.25) is 0 Å². The fourth-order valence-electron chi connectivity index (χ4n) is 3.79. The van der Waals surface area contributed by atoms with Crippen molar-refractivity contribution in [3.05, 3.63) is 71.2 Å². The number of rotatable bonds is 11. The highest BCUT2D eigenvalue weighted by Gasteiger charge is 2.17. The molecule has 2 N–H and O–H groups in total. The van der Waals surface area contributed by atoms with E-state index in [0.717, 1.165) is 11.1 Å². The van der Waals surface area contributed by atoms with Crippen LogP contribution in [0.3, 0.4) is 0 Å². The predicted molar refractivity (Wildman–Crippen MR) is 133 cm³/mol. The van der Waals surface area contributed by atoms with Crippen LogP contribution in [0.1, 0.15) is 52.4 Å². The molecule has 0 fully saturated rings. The summed E-state index contributed by atoms with van der Waals surface area (Å²) in [5.41, 5.74) is 2.90. The van der Waals surface area contributed by atoms with Gasteiger partial charge in [0.1, 0.15) is 24.6 Å². The van der Waals surface area contributed by atoms with Crippen molar-refractivity contribution < 1.29 is 23.8 Å². The molecule has 0 aliphatic rings. The summed E-state index contributed by atoms with van der Waals surface area (Å²) in [5, 5.41) is 21.8. The fraction of sp³-hybridized carbons (Fsp3) is 0.333. The third kappa shape index (κ3) is 6.55. The molecule has 3 aromatic rings. The third-order valence-electron chi connectivity index (χ3n) is 5.64. The monoisotopic (exact) mass is 492 g/mol. The number of Topliss-reactive ketones (excluding diaryl/α,β-unsaturated/α-hetero) is 1. The van der Waals surface area contributed by atoms with E-state index < -0.39 is 18.7 Å². The largest absolute Gasteiger partial charge is 0.487 e. The van der Waals surface area contributed by atoms with Crippen LogP contribution >= 0.6 is 0 Å². The second-order valence-electron chi connectivity index (χ2n) is 8.61. The number of carbonyl (C=O) groups is 2. The number of benzene rings is 2. The summed E-state index contributed by atoms with van der Waals surface area (Å²) >= 11 is 0. The normalized spacial score (nSPS) is 12.4. The van der Waals surface area contributed by atoms with Crippen molar-refractivity contribution >= 4 is 11.7 Å². The topological polar surface area (TPSA) is 117 Å². The first-order valence-electron chi connectivity index (χ1n) is 11.6. The number of halogens is 1. The number of carbonyl (C=O) groups excluding carboxylic acids is 2. The number of amides is 1. The first kappa shape index (κ1) is 26.6. The Morgan fingerprint density at radius 2 is 1.97 bits per heavy atom. The molecule has 0 aliphatic heterocycles. The minimum Gasteiger partial charge on any atom is -0.487 e. The first-order chi connectivity index (χ1) is 17.2. The van der Waals surface area contributed by atoms with Gasteiger partial charge in [-0.3, -0.25) is 9.59 Å². The van der Waals surface area contributed by atoms with Crippen molar-refractivity contribution in [1.29, 1.82) is 5.26 Å². The molecule has 1 amide bonds. The van der Waals surface area contributed by atoms with Crippen LogP contribution in [0, 0.1) is 11.3 Å². The summed E-state index contributed by atoms with van der Waals surface area (Å²) in [5.74, 6) is 0.101. The van der Waals surface area contributed by atoms with Crippen LogP contribution in [-0.4, -0.2) is 51.8 Å². The van der Waals surface area contributed by atoms with Crippen molar-refractivity contribution in [3.8, 4) is 23.1 Å². The van der Waals surface area contributed by atoms with E-state index in [9.17, 15) is 24.3 Å². The van der Waals surface area contributed by atoms with E-state index in [4.69, 9.17) is 4.74 Å². The van der Waals surface area contributed by atoms with Gasteiger partial charge in [0.25, 0.3) is 5.91 Å². The van der Waals surface area contributed by atoms with Gasteiger partial charge >= 0.3 is 0 Å². The SMILES string of the molecule is CC(=O)c1nc(-c2ccc(C[C@@H](CCO)NC(=O)c3ccc(OC(C)CF)c(C#N)c3)cc2)cn1C. The van der Waals surface area contributed by atoms with Crippen molar-refractivity contribution in [3.63, 3.8) is 0 Å². The number of imidazole rings is 1. The third-order valence-corrected chi connectivity index (χ3v) is 5.64. The number of alkyl halides is 1. The molecule has 9 heteroatoms. The van der Waals surface area contributed by atoms with E-state index in [-0.39, 0.29) is 35.3 Å². The van der Waals surface area contributed by atoms with Gasteiger partial charge in [-0.2, -0.15) is 5.26 Å². The summed E-state index contributed by atoms with van der Waals surface area (Å²) in [6, 6.07) is 13.7. The molecule has 0 saturated carbocycles. The summed E-state index contributed by atoms with van der Waals surface area (Å²) < 4.78 is 19.8. The van der Waals surface area contributed by atoms with Crippen LogP contribution < -0.4 is 10.1 Å². The van der Waals surface area contributed by atoms with Crippen LogP contribution in [0.4, 0.5) is 4.39 Å². The average molecular weight is 493 g/mol. The lowest BCUT2D eigenvalue weighted by molar-refractivity contribution is 0.0929. The highest BCUT2D eigenvalue weighted by atomic mass is 19.1. The predicted octanol–water partition coefficient (Wildman–Crippen LogP) is 3.62. The first-order valence-corrected chi connectivity index (χ1v) is 11.6. The number of aliphatic hydroxyl groups is 1. The van der Waals surface area contributed by atoms with Crippen molar-refractivity contribution in [1.82, 2.24) is 14.9 Å². The Morgan fingerprint density at radius 3 is 2.56 bits per heavy atom. The summed E-state index contributed by atoms with van der Waals surface area (Å²) in [6.07, 6.45) is 1.92. The zero-order valence-corrected chi connectivity index (χ0v) is 20.5. The Kier molecular flexibility index (Phi) is 8.92. The minimum absolute atomic E-state index is 0.109. The quantitative estimate of drug-likeness (QED) is 0.395. The van der Waals surface area contributed by atoms with Gasteiger partial charge < -0.3 is 19.7 Å². The molecule has 0 aliphatic carbocycles. The summed E-state index contributed by atoms with van der Waals surface area (Å²) in [4.78, 5) is 28.9. The average Bonchev–Trinajstić information content (AvgIpc) is 3.26. The zero-order valence-electron chi connectivity index (χ0n) is 20.5. The lowest BCUT2D eigenvalue weighted by Crippen LogP contribution is -2.37. The Bertz CT molecular complexity index is 1260. The highest BCUT2D eigenvalue weighted by Crippen LogP contribution is 2.22. The summed E-state index contributed by atoms with van der Waals surface area (Å²) in [7, 11) is 1.77. The molecule has 0 bridgehead atoms. The van der Waals surface area contributed by atoms with E-state index in [1.54, 1.807) is 24.7 Å². The van der Waals surface area contributed by atoms with E-state index >= 15 is 0 Å². The molecule has 36 heavy (non-hydrogen) atoms. The molecule has 3 rings (SSSR count). The number of ketones is 1. The van der Waals surface area contributed by atoms with Gasteiger partial charge in [-0.05, 0) is 43.5 Å². The molecular weight excluding hydrogens is 463 g/mol.